The Balaban J connectivity index is 1.67. The quantitative estimate of drug-likeness (QED) is 0.793. The van der Waals surface area contributed by atoms with Gasteiger partial charge < -0.3 is 10.1 Å². The molecule has 1 heterocycles. The molecule has 0 radical (unpaired) electrons. The summed E-state index contributed by atoms with van der Waals surface area (Å²) >= 11 is 12.0. The largest absolute Gasteiger partial charge is 0.366 e. The Morgan fingerprint density at radius 3 is 2.70 bits per heavy atom. The number of hydrogen-bond donors (Lipinski definition) is 1. The number of ether oxygens (including phenoxy) is 1. The summed E-state index contributed by atoms with van der Waals surface area (Å²) in [6, 6.07) is 13.3. The van der Waals surface area contributed by atoms with Gasteiger partial charge in [0.2, 0.25) is 10.0 Å². The minimum atomic E-state index is -3.81. The second-order valence-electron chi connectivity index (χ2n) is 6.00. The van der Waals surface area contributed by atoms with E-state index in [1.54, 1.807) is 30.3 Å². The number of nitrogens with one attached hydrogen (secondary N) is 1. The van der Waals surface area contributed by atoms with Gasteiger partial charge in [-0.3, -0.25) is 4.79 Å². The summed E-state index contributed by atoms with van der Waals surface area (Å²) in [6.07, 6.45) is -0.893. The number of sulfonamides is 1. The molecular formula is C18H18Cl2N2O4S. The lowest BCUT2D eigenvalue weighted by molar-refractivity contribution is -0.136. The summed E-state index contributed by atoms with van der Waals surface area (Å²) in [5, 5.41) is 3.47. The van der Waals surface area contributed by atoms with E-state index < -0.39 is 16.1 Å². The number of halogens is 2. The third-order valence-electron chi connectivity index (χ3n) is 4.13. The van der Waals surface area contributed by atoms with E-state index in [0.717, 1.165) is 5.56 Å². The third kappa shape index (κ3) is 4.80. The van der Waals surface area contributed by atoms with Crippen LogP contribution < -0.4 is 5.32 Å². The molecule has 3 rings (SSSR count). The van der Waals surface area contributed by atoms with E-state index >= 15 is 0 Å². The molecule has 144 valence electrons. The lowest BCUT2D eigenvalue weighted by atomic mass is 10.2. The molecule has 1 amide bonds. The molecule has 0 bridgehead atoms. The van der Waals surface area contributed by atoms with Crippen molar-refractivity contribution in [2.75, 3.05) is 19.7 Å². The van der Waals surface area contributed by atoms with E-state index in [1.165, 1.54) is 16.4 Å². The average molecular weight is 429 g/mol. The Labute approximate surface area is 168 Å². The molecule has 0 aliphatic carbocycles. The number of hydrogen-bond acceptors (Lipinski definition) is 4. The van der Waals surface area contributed by atoms with Gasteiger partial charge in [0.1, 0.15) is 11.0 Å². The molecule has 2 aromatic carbocycles. The Morgan fingerprint density at radius 2 is 1.96 bits per heavy atom. The van der Waals surface area contributed by atoms with Gasteiger partial charge in [0.25, 0.3) is 5.91 Å². The summed E-state index contributed by atoms with van der Waals surface area (Å²) in [4.78, 5) is 12.4. The fourth-order valence-electron chi connectivity index (χ4n) is 2.75. The first-order valence-corrected chi connectivity index (χ1v) is 10.5. The lowest BCUT2D eigenvalue weighted by Crippen LogP contribution is -2.51. The number of morpholine rings is 1. The van der Waals surface area contributed by atoms with Crippen LogP contribution in [0.1, 0.15) is 5.56 Å². The number of benzene rings is 2. The molecular weight excluding hydrogens is 411 g/mol. The topological polar surface area (TPSA) is 75.7 Å². The molecule has 1 N–H and O–H groups in total. The summed E-state index contributed by atoms with van der Waals surface area (Å²) in [5.41, 5.74) is 0.840. The van der Waals surface area contributed by atoms with Gasteiger partial charge in [0.15, 0.2) is 0 Å². The van der Waals surface area contributed by atoms with E-state index in [1.807, 2.05) is 6.07 Å². The maximum atomic E-state index is 12.8. The van der Waals surface area contributed by atoms with Crippen LogP contribution in [0, 0.1) is 0 Å². The Morgan fingerprint density at radius 1 is 1.19 bits per heavy atom. The van der Waals surface area contributed by atoms with Gasteiger partial charge in [-0.25, -0.2) is 8.42 Å². The molecule has 27 heavy (non-hydrogen) atoms. The molecule has 0 spiro atoms. The zero-order chi connectivity index (χ0) is 19.4. The van der Waals surface area contributed by atoms with Gasteiger partial charge >= 0.3 is 0 Å². The van der Waals surface area contributed by atoms with Gasteiger partial charge in [0.05, 0.1) is 11.6 Å². The second-order valence-corrected chi connectivity index (χ2v) is 8.75. The number of amides is 1. The fourth-order valence-corrected chi connectivity index (χ4v) is 4.88. The van der Waals surface area contributed by atoms with Crippen molar-refractivity contribution in [1.82, 2.24) is 9.62 Å². The van der Waals surface area contributed by atoms with Crippen LogP contribution in [-0.4, -0.2) is 44.4 Å². The molecule has 0 saturated carbocycles. The molecule has 1 fully saturated rings. The van der Waals surface area contributed by atoms with Gasteiger partial charge in [-0.1, -0.05) is 47.5 Å². The van der Waals surface area contributed by atoms with Gasteiger partial charge in [-0.2, -0.15) is 4.31 Å². The van der Waals surface area contributed by atoms with Crippen molar-refractivity contribution in [3.63, 3.8) is 0 Å². The molecule has 0 aromatic heterocycles. The summed E-state index contributed by atoms with van der Waals surface area (Å²) < 4.78 is 32.4. The highest BCUT2D eigenvalue weighted by Gasteiger charge is 2.34. The van der Waals surface area contributed by atoms with Crippen LogP contribution in [0.3, 0.4) is 0 Å². The first kappa shape index (κ1) is 20.1. The van der Waals surface area contributed by atoms with Crippen molar-refractivity contribution in [2.24, 2.45) is 0 Å². The van der Waals surface area contributed by atoms with Crippen molar-refractivity contribution < 1.29 is 17.9 Å². The molecule has 9 heteroatoms. The predicted molar refractivity (Wildman–Crippen MR) is 103 cm³/mol. The smallest absolute Gasteiger partial charge is 0.250 e. The molecule has 1 aliphatic heterocycles. The van der Waals surface area contributed by atoms with Crippen molar-refractivity contribution in [3.8, 4) is 0 Å². The van der Waals surface area contributed by atoms with Crippen LogP contribution in [0.4, 0.5) is 0 Å². The number of carbonyl (C=O) groups is 1. The number of rotatable bonds is 5. The molecule has 6 nitrogen and oxygen atoms in total. The first-order valence-electron chi connectivity index (χ1n) is 8.26. The maximum Gasteiger partial charge on any atom is 0.250 e. The minimum absolute atomic E-state index is 0.0200. The number of carbonyl (C=O) groups excluding carboxylic acids is 1. The third-order valence-corrected chi connectivity index (χ3v) is 6.73. The standard InChI is InChI=1S/C18H18Cl2N2O4S/c19-14-5-3-4-13(10-14)11-21-18(23)16-12-22(8-9-26-16)27(24,25)17-7-2-1-6-15(17)20/h1-7,10,16H,8-9,11-12H2,(H,21,23)/t16-/m1/s1. The van der Waals surface area contributed by atoms with Crippen LogP contribution in [0.5, 0.6) is 0 Å². The van der Waals surface area contributed by atoms with E-state index in [-0.39, 0.29) is 42.1 Å². The number of nitrogens with zero attached hydrogens (tertiary/aromatic N) is 1. The normalized spacial score (nSPS) is 18.2. The minimum Gasteiger partial charge on any atom is -0.366 e. The maximum absolute atomic E-state index is 12.8. The van der Waals surface area contributed by atoms with Crippen molar-refractivity contribution >= 4 is 39.1 Å². The molecule has 1 atom stereocenters. The van der Waals surface area contributed by atoms with Crippen molar-refractivity contribution in [3.05, 3.63) is 64.1 Å². The van der Waals surface area contributed by atoms with Gasteiger partial charge in [0, 0.05) is 24.7 Å². The van der Waals surface area contributed by atoms with Gasteiger partial charge in [-0.05, 0) is 29.8 Å². The van der Waals surface area contributed by atoms with Crippen LogP contribution in [0.15, 0.2) is 53.4 Å². The molecule has 0 unspecified atom stereocenters. The molecule has 1 saturated heterocycles. The zero-order valence-electron chi connectivity index (χ0n) is 14.3. The highest BCUT2D eigenvalue weighted by Crippen LogP contribution is 2.25. The Bertz CT molecular complexity index is 936. The van der Waals surface area contributed by atoms with Gasteiger partial charge in [-0.15, -0.1) is 0 Å². The summed E-state index contributed by atoms with van der Waals surface area (Å²) in [6.45, 7) is 0.482. The monoisotopic (exact) mass is 428 g/mol. The summed E-state index contributed by atoms with van der Waals surface area (Å²) in [7, 11) is -3.81. The van der Waals surface area contributed by atoms with Crippen molar-refractivity contribution in [2.45, 2.75) is 17.5 Å². The van der Waals surface area contributed by atoms with Crippen molar-refractivity contribution in [1.29, 1.82) is 0 Å². The Hall–Kier alpha value is -1.64. The lowest BCUT2D eigenvalue weighted by Gasteiger charge is -2.31. The highest BCUT2D eigenvalue weighted by atomic mass is 35.5. The summed E-state index contributed by atoms with van der Waals surface area (Å²) in [5.74, 6) is -0.381. The van der Waals surface area contributed by atoms with E-state index in [9.17, 15) is 13.2 Å². The second kappa shape index (κ2) is 8.58. The van der Waals surface area contributed by atoms with E-state index in [4.69, 9.17) is 27.9 Å². The van der Waals surface area contributed by atoms with Crippen LogP contribution in [0.2, 0.25) is 10.0 Å². The predicted octanol–water partition coefficient (Wildman–Crippen LogP) is 2.70. The van der Waals surface area contributed by atoms with Crippen LogP contribution in [-0.2, 0) is 26.1 Å². The van der Waals surface area contributed by atoms with Crippen LogP contribution >= 0.6 is 23.2 Å². The fraction of sp³-hybridized carbons (Fsp3) is 0.278. The first-order chi connectivity index (χ1) is 12.9. The SMILES string of the molecule is O=C(NCc1cccc(Cl)c1)[C@H]1CN(S(=O)(=O)c2ccccc2Cl)CCO1. The average Bonchev–Trinajstić information content (AvgIpc) is 2.66. The van der Waals surface area contributed by atoms with E-state index in [2.05, 4.69) is 5.32 Å². The molecule has 1 aliphatic rings. The van der Waals surface area contributed by atoms with Crippen LogP contribution in [0.25, 0.3) is 0 Å². The zero-order valence-corrected chi connectivity index (χ0v) is 16.6. The van der Waals surface area contributed by atoms with E-state index in [0.29, 0.717) is 5.02 Å². The highest BCUT2D eigenvalue weighted by molar-refractivity contribution is 7.89. The Kier molecular flexibility index (Phi) is 6.39. The molecule has 2 aromatic rings.